The van der Waals surface area contributed by atoms with Crippen LogP contribution in [0.3, 0.4) is 0 Å². The van der Waals surface area contributed by atoms with Gasteiger partial charge in [0.05, 0.1) is 0 Å². The van der Waals surface area contributed by atoms with Crippen molar-refractivity contribution in [3.63, 3.8) is 0 Å². The van der Waals surface area contributed by atoms with Crippen molar-refractivity contribution in [3.8, 4) is 0 Å². The molecule has 0 saturated heterocycles. The fourth-order valence-corrected chi connectivity index (χ4v) is 1.13. The molecule has 0 heterocycles. The number of carboxylic acids is 1. The van der Waals surface area contributed by atoms with Crippen molar-refractivity contribution in [1.82, 2.24) is 10.2 Å². The average Bonchev–Trinajstić information content (AvgIpc) is 2.87. The zero-order valence-electron chi connectivity index (χ0n) is 8.49. The number of aliphatic carboxylic acids is 1. The first-order chi connectivity index (χ1) is 6.50. The maximum Gasteiger partial charge on any atom is 0.325 e. The third-order valence-corrected chi connectivity index (χ3v) is 2.29. The van der Waals surface area contributed by atoms with Crippen LogP contribution in [0.5, 0.6) is 0 Å². The number of rotatable bonds is 4. The Balaban J connectivity index is 2.28. The van der Waals surface area contributed by atoms with Gasteiger partial charge in [0.15, 0.2) is 0 Å². The summed E-state index contributed by atoms with van der Waals surface area (Å²) >= 11 is 0. The molecule has 1 fully saturated rings. The van der Waals surface area contributed by atoms with Gasteiger partial charge in [-0.15, -0.1) is 0 Å². The monoisotopic (exact) mass is 200 g/mol. The Morgan fingerprint density at radius 1 is 1.57 bits per heavy atom. The largest absolute Gasteiger partial charge is 0.480 e. The lowest BCUT2D eigenvalue weighted by atomic mass is 10.3. The Bertz CT molecular complexity index is 238. The summed E-state index contributed by atoms with van der Waals surface area (Å²) in [6.45, 7) is 2.17. The molecular weight excluding hydrogens is 184 g/mol. The van der Waals surface area contributed by atoms with Crippen LogP contribution in [0.25, 0.3) is 0 Å². The summed E-state index contributed by atoms with van der Waals surface area (Å²) in [5, 5.41) is 11.0. The standard InChI is InChI=1S/C9H16N2O3/c1-6(8(12)13)10-9(14)11(2)5-7-3-4-7/h6-7H,3-5H2,1-2H3,(H,10,14)(H,12,13)/t6-/m1/s1. The molecule has 0 aliphatic heterocycles. The van der Waals surface area contributed by atoms with Crippen LogP contribution in [0.4, 0.5) is 4.79 Å². The van der Waals surface area contributed by atoms with E-state index in [1.165, 1.54) is 24.7 Å². The summed E-state index contributed by atoms with van der Waals surface area (Å²) in [5.41, 5.74) is 0. The Hall–Kier alpha value is -1.26. The Labute approximate surface area is 83.1 Å². The van der Waals surface area contributed by atoms with Crippen molar-refractivity contribution >= 4 is 12.0 Å². The van der Waals surface area contributed by atoms with Crippen LogP contribution in [-0.2, 0) is 4.79 Å². The van der Waals surface area contributed by atoms with Gasteiger partial charge in [-0.3, -0.25) is 4.79 Å². The minimum atomic E-state index is -1.02. The van der Waals surface area contributed by atoms with E-state index < -0.39 is 12.0 Å². The molecule has 1 rings (SSSR count). The number of carboxylic acid groups (broad SMARTS) is 1. The highest BCUT2D eigenvalue weighted by molar-refractivity contribution is 5.82. The maximum absolute atomic E-state index is 11.4. The van der Waals surface area contributed by atoms with Gasteiger partial charge in [-0.05, 0) is 25.7 Å². The van der Waals surface area contributed by atoms with Crippen molar-refractivity contribution in [1.29, 1.82) is 0 Å². The topological polar surface area (TPSA) is 69.6 Å². The van der Waals surface area contributed by atoms with Crippen molar-refractivity contribution < 1.29 is 14.7 Å². The lowest BCUT2D eigenvalue weighted by molar-refractivity contribution is -0.138. The summed E-state index contributed by atoms with van der Waals surface area (Å²) in [7, 11) is 1.68. The van der Waals surface area contributed by atoms with Crippen LogP contribution in [0.2, 0.25) is 0 Å². The zero-order chi connectivity index (χ0) is 10.7. The number of hydrogen-bond donors (Lipinski definition) is 2. The number of carbonyl (C=O) groups is 2. The Morgan fingerprint density at radius 3 is 2.57 bits per heavy atom. The molecule has 5 nitrogen and oxygen atoms in total. The molecule has 5 heteroatoms. The van der Waals surface area contributed by atoms with Gasteiger partial charge in [0.2, 0.25) is 0 Å². The summed E-state index contributed by atoms with van der Waals surface area (Å²) in [4.78, 5) is 23.4. The normalized spacial score (nSPS) is 17.3. The quantitative estimate of drug-likeness (QED) is 0.694. The highest BCUT2D eigenvalue weighted by atomic mass is 16.4. The predicted octanol–water partition coefficient (Wildman–Crippen LogP) is 0.511. The maximum atomic E-state index is 11.4. The number of amides is 2. The van der Waals surface area contributed by atoms with Crippen LogP contribution in [0, 0.1) is 5.92 Å². The van der Waals surface area contributed by atoms with Crippen LogP contribution >= 0.6 is 0 Å². The van der Waals surface area contributed by atoms with Gasteiger partial charge in [0.25, 0.3) is 0 Å². The summed E-state index contributed by atoms with van der Waals surface area (Å²) in [6.07, 6.45) is 2.35. The molecule has 0 bridgehead atoms. The van der Waals surface area contributed by atoms with E-state index in [4.69, 9.17) is 5.11 Å². The molecule has 0 aromatic carbocycles. The second-order valence-electron chi connectivity index (χ2n) is 3.83. The van der Waals surface area contributed by atoms with Gasteiger partial charge < -0.3 is 15.3 Å². The Morgan fingerprint density at radius 2 is 2.14 bits per heavy atom. The van der Waals surface area contributed by atoms with Gasteiger partial charge in [-0.1, -0.05) is 0 Å². The van der Waals surface area contributed by atoms with Gasteiger partial charge in [-0.2, -0.15) is 0 Å². The third-order valence-electron chi connectivity index (χ3n) is 2.29. The molecule has 0 spiro atoms. The summed E-state index contributed by atoms with van der Waals surface area (Å²) in [6, 6.07) is -1.14. The van der Waals surface area contributed by atoms with Gasteiger partial charge in [0, 0.05) is 13.6 Å². The lowest BCUT2D eigenvalue weighted by Gasteiger charge is -2.19. The first-order valence-corrected chi connectivity index (χ1v) is 4.75. The van der Waals surface area contributed by atoms with Gasteiger partial charge in [-0.25, -0.2) is 4.79 Å². The van der Waals surface area contributed by atoms with Gasteiger partial charge >= 0.3 is 12.0 Å². The molecule has 0 aromatic rings. The lowest BCUT2D eigenvalue weighted by Crippen LogP contribution is -2.45. The fraction of sp³-hybridized carbons (Fsp3) is 0.778. The van der Waals surface area contributed by atoms with Crippen molar-refractivity contribution in [3.05, 3.63) is 0 Å². The van der Waals surface area contributed by atoms with Crippen molar-refractivity contribution in [2.24, 2.45) is 5.92 Å². The van der Waals surface area contributed by atoms with E-state index in [1.807, 2.05) is 0 Å². The molecular formula is C9H16N2O3. The molecule has 1 aliphatic carbocycles. The molecule has 1 atom stereocenters. The second kappa shape index (κ2) is 4.30. The predicted molar refractivity (Wildman–Crippen MR) is 51.0 cm³/mol. The number of urea groups is 1. The molecule has 2 amide bonds. The van der Waals surface area contributed by atoms with E-state index in [2.05, 4.69) is 5.32 Å². The number of hydrogen-bond acceptors (Lipinski definition) is 2. The number of carbonyl (C=O) groups excluding carboxylic acids is 1. The summed E-state index contributed by atoms with van der Waals surface area (Å²) < 4.78 is 0. The van der Waals surface area contributed by atoms with E-state index in [0.717, 1.165) is 6.54 Å². The van der Waals surface area contributed by atoms with E-state index in [1.54, 1.807) is 7.05 Å². The van der Waals surface area contributed by atoms with Crippen LogP contribution < -0.4 is 5.32 Å². The molecule has 2 N–H and O–H groups in total. The first-order valence-electron chi connectivity index (χ1n) is 4.75. The smallest absolute Gasteiger partial charge is 0.325 e. The molecule has 0 aromatic heterocycles. The average molecular weight is 200 g/mol. The van der Waals surface area contributed by atoms with Crippen molar-refractivity contribution in [2.75, 3.05) is 13.6 Å². The van der Waals surface area contributed by atoms with Crippen molar-refractivity contribution in [2.45, 2.75) is 25.8 Å². The van der Waals surface area contributed by atoms with Crippen LogP contribution in [0.15, 0.2) is 0 Å². The van der Waals surface area contributed by atoms with E-state index in [9.17, 15) is 9.59 Å². The first kappa shape index (κ1) is 10.8. The molecule has 0 radical (unpaired) electrons. The highest BCUT2D eigenvalue weighted by Gasteiger charge is 2.25. The van der Waals surface area contributed by atoms with Crippen LogP contribution in [0.1, 0.15) is 19.8 Å². The Kier molecular flexibility index (Phi) is 3.33. The van der Waals surface area contributed by atoms with E-state index in [0.29, 0.717) is 5.92 Å². The third kappa shape index (κ3) is 3.24. The SMILES string of the molecule is C[C@@H](NC(=O)N(C)CC1CC1)C(=O)O. The van der Waals surface area contributed by atoms with Crippen LogP contribution in [-0.4, -0.2) is 41.6 Å². The molecule has 1 aliphatic rings. The number of nitrogens with zero attached hydrogens (tertiary/aromatic N) is 1. The second-order valence-corrected chi connectivity index (χ2v) is 3.83. The zero-order valence-corrected chi connectivity index (χ0v) is 8.49. The fourth-order valence-electron chi connectivity index (χ4n) is 1.13. The van der Waals surface area contributed by atoms with E-state index in [-0.39, 0.29) is 6.03 Å². The number of nitrogens with one attached hydrogen (secondary N) is 1. The minimum Gasteiger partial charge on any atom is -0.480 e. The highest BCUT2D eigenvalue weighted by Crippen LogP contribution is 2.29. The molecule has 0 unspecified atom stereocenters. The minimum absolute atomic E-state index is 0.313. The summed E-state index contributed by atoms with van der Waals surface area (Å²) in [5.74, 6) is -0.399. The molecule has 80 valence electrons. The van der Waals surface area contributed by atoms with Gasteiger partial charge in [0.1, 0.15) is 6.04 Å². The molecule has 1 saturated carbocycles. The molecule has 14 heavy (non-hydrogen) atoms. The van der Waals surface area contributed by atoms with E-state index >= 15 is 0 Å².